The summed E-state index contributed by atoms with van der Waals surface area (Å²) in [7, 11) is 3.45. The molecule has 22 heavy (non-hydrogen) atoms. The second-order valence-electron chi connectivity index (χ2n) is 5.39. The normalized spacial score (nSPS) is 10.9. The van der Waals surface area contributed by atoms with Crippen LogP contribution in [0.3, 0.4) is 0 Å². The van der Waals surface area contributed by atoms with E-state index in [9.17, 15) is 14.0 Å². The Labute approximate surface area is 128 Å². The van der Waals surface area contributed by atoms with Crippen LogP contribution in [0.15, 0.2) is 29.1 Å². The smallest absolute Gasteiger partial charge is 0.222 e. The monoisotopic (exact) mass is 305 g/mol. The third-order valence-corrected chi connectivity index (χ3v) is 3.43. The minimum atomic E-state index is -0.437. The van der Waals surface area contributed by atoms with Gasteiger partial charge in [0.15, 0.2) is 5.43 Å². The lowest BCUT2D eigenvalue weighted by atomic mass is 10.2. The van der Waals surface area contributed by atoms with E-state index in [2.05, 4.69) is 10.3 Å². The largest absolute Gasteiger partial charge is 0.355 e. The van der Waals surface area contributed by atoms with Crippen molar-refractivity contribution in [2.24, 2.45) is 0 Å². The highest BCUT2D eigenvalue weighted by Gasteiger charge is 2.06. The van der Waals surface area contributed by atoms with Crippen molar-refractivity contribution in [3.8, 4) is 0 Å². The van der Waals surface area contributed by atoms with E-state index in [1.54, 1.807) is 25.1 Å². The zero-order valence-electron chi connectivity index (χ0n) is 12.8. The minimum Gasteiger partial charge on any atom is -0.355 e. The van der Waals surface area contributed by atoms with Gasteiger partial charge in [0.25, 0.3) is 0 Å². The van der Waals surface area contributed by atoms with E-state index < -0.39 is 5.82 Å². The summed E-state index contributed by atoms with van der Waals surface area (Å²) in [6.07, 6.45) is 1.19. The lowest BCUT2D eigenvalue weighted by molar-refractivity contribution is -0.128. The quantitative estimate of drug-likeness (QED) is 0.797. The maximum atomic E-state index is 13.7. The number of benzene rings is 1. The van der Waals surface area contributed by atoms with Crippen molar-refractivity contribution in [2.45, 2.75) is 19.4 Å². The van der Waals surface area contributed by atoms with Crippen molar-refractivity contribution in [3.05, 3.63) is 46.0 Å². The number of amides is 1. The lowest BCUT2D eigenvalue weighted by Crippen LogP contribution is -2.23. The zero-order valence-corrected chi connectivity index (χ0v) is 12.8. The lowest BCUT2D eigenvalue weighted by Gasteiger charge is -2.10. The van der Waals surface area contributed by atoms with Gasteiger partial charge in [0.1, 0.15) is 5.82 Å². The fourth-order valence-electron chi connectivity index (χ4n) is 2.20. The predicted molar refractivity (Wildman–Crippen MR) is 84.2 cm³/mol. The van der Waals surface area contributed by atoms with Gasteiger partial charge in [-0.3, -0.25) is 9.59 Å². The number of H-pyrrole nitrogens is 1. The van der Waals surface area contributed by atoms with E-state index in [0.717, 1.165) is 0 Å². The average molecular weight is 305 g/mol. The summed E-state index contributed by atoms with van der Waals surface area (Å²) >= 11 is 0. The third kappa shape index (κ3) is 3.92. The molecule has 0 atom stereocenters. The number of carbonyl (C=O) groups is 1. The number of aromatic amines is 1. The number of pyridine rings is 1. The minimum absolute atomic E-state index is 0.0861. The topological polar surface area (TPSA) is 65.2 Å². The number of hydrogen-bond acceptors (Lipinski definition) is 3. The summed E-state index contributed by atoms with van der Waals surface area (Å²) in [4.78, 5) is 27.9. The van der Waals surface area contributed by atoms with Gasteiger partial charge in [0.2, 0.25) is 5.91 Å². The van der Waals surface area contributed by atoms with Crippen LogP contribution in [0.2, 0.25) is 0 Å². The molecule has 118 valence electrons. The molecule has 1 aromatic heterocycles. The van der Waals surface area contributed by atoms with Crippen LogP contribution in [-0.2, 0) is 11.3 Å². The molecule has 2 N–H and O–H groups in total. The molecule has 0 aliphatic rings. The van der Waals surface area contributed by atoms with E-state index in [1.165, 1.54) is 18.2 Å². The Morgan fingerprint density at radius 3 is 2.86 bits per heavy atom. The molecule has 1 heterocycles. The first-order valence-electron chi connectivity index (χ1n) is 7.20. The highest BCUT2D eigenvalue weighted by atomic mass is 19.1. The SMILES string of the molecule is CN(C)C(=O)CCCNCc1cc(=O)c2cccc(F)c2[nH]1. The molecule has 0 radical (unpaired) electrons. The second kappa shape index (κ2) is 7.17. The highest BCUT2D eigenvalue weighted by molar-refractivity contribution is 5.79. The fourth-order valence-corrected chi connectivity index (χ4v) is 2.20. The van der Waals surface area contributed by atoms with Crippen LogP contribution >= 0.6 is 0 Å². The van der Waals surface area contributed by atoms with Crippen molar-refractivity contribution in [1.29, 1.82) is 0 Å². The third-order valence-electron chi connectivity index (χ3n) is 3.43. The highest BCUT2D eigenvalue weighted by Crippen LogP contribution is 2.12. The number of nitrogens with zero attached hydrogens (tertiary/aromatic N) is 1. The summed E-state index contributed by atoms with van der Waals surface area (Å²) in [6, 6.07) is 5.91. The maximum Gasteiger partial charge on any atom is 0.222 e. The molecule has 6 heteroatoms. The number of fused-ring (bicyclic) bond motifs is 1. The Morgan fingerprint density at radius 1 is 1.36 bits per heavy atom. The molecule has 0 aliphatic heterocycles. The summed E-state index contributed by atoms with van der Waals surface area (Å²) in [5, 5.41) is 3.49. The van der Waals surface area contributed by atoms with E-state index in [1.807, 2.05) is 0 Å². The van der Waals surface area contributed by atoms with Gasteiger partial charge in [-0.25, -0.2) is 4.39 Å². The van der Waals surface area contributed by atoms with Crippen LogP contribution in [-0.4, -0.2) is 36.4 Å². The number of aromatic nitrogens is 1. The molecule has 2 rings (SSSR count). The molecule has 2 aromatic rings. The molecule has 0 spiro atoms. The summed E-state index contributed by atoms with van der Waals surface area (Å²) in [5.74, 6) is -0.351. The van der Waals surface area contributed by atoms with Crippen LogP contribution in [0.1, 0.15) is 18.5 Å². The average Bonchev–Trinajstić information content (AvgIpc) is 2.47. The molecule has 0 aliphatic carbocycles. The van der Waals surface area contributed by atoms with Gasteiger partial charge in [-0.2, -0.15) is 0 Å². The van der Waals surface area contributed by atoms with Gasteiger partial charge in [0.05, 0.1) is 5.52 Å². The Hall–Kier alpha value is -2.21. The van der Waals surface area contributed by atoms with Gasteiger partial charge in [-0.1, -0.05) is 6.07 Å². The van der Waals surface area contributed by atoms with Crippen LogP contribution in [0.25, 0.3) is 10.9 Å². The van der Waals surface area contributed by atoms with Gasteiger partial charge >= 0.3 is 0 Å². The van der Waals surface area contributed by atoms with E-state index in [-0.39, 0.29) is 16.9 Å². The van der Waals surface area contributed by atoms with E-state index in [4.69, 9.17) is 0 Å². The van der Waals surface area contributed by atoms with E-state index in [0.29, 0.717) is 37.0 Å². The molecule has 1 amide bonds. The maximum absolute atomic E-state index is 13.7. The summed E-state index contributed by atoms with van der Waals surface area (Å²) < 4.78 is 13.7. The molecule has 5 nitrogen and oxygen atoms in total. The van der Waals surface area contributed by atoms with Crippen molar-refractivity contribution in [2.75, 3.05) is 20.6 Å². The number of hydrogen-bond donors (Lipinski definition) is 2. The summed E-state index contributed by atoms with van der Waals surface area (Å²) in [6.45, 7) is 1.08. The fraction of sp³-hybridized carbons (Fsp3) is 0.375. The zero-order chi connectivity index (χ0) is 16.1. The second-order valence-corrected chi connectivity index (χ2v) is 5.39. The Morgan fingerprint density at radius 2 is 2.14 bits per heavy atom. The number of nitrogens with one attached hydrogen (secondary N) is 2. The number of para-hydroxylation sites is 1. The molecular formula is C16H20FN3O2. The van der Waals surface area contributed by atoms with Crippen molar-refractivity contribution >= 4 is 16.8 Å². The Kier molecular flexibility index (Phi) is 5.27. The van der Waals surface area contributed by atoms with Crippen molar-refractivity contribution in [3.63, 3.8) is 0 Å². The Balaban J connectivity index is 1.94. The standard InChI is InChI=1S/C16H20FN3O2/c1-20(2)15(22)7-4-8-18-10-11-9-14(21)12-5-3-6-13(17)16(12)19-11/h3,5-6,9,18H,4,7-8,10H2,1-2H3,(H,19,21). The molecular weight excluding hydrogens is 285 g/mol. The molecule has 0 fully saturated rings. The molecule has 1 aromatic carbocycles. The van der Waals surface area contributed by atoms with Crippen LogP contribution in [0.4, 0.5) is 4.39 Å². The van der Waals surface area contributed by atoms with Crippen molar-refractivity contribution in [1.82, 2.24) is 15.2 Å². The van der Waals surface area contributed by atoms with Crippen LogP contribution in [0.5, 0.6) is 0 Å². The van der Waals surface area contributed by atoms with Gasteiger partial charge < -0.3 is 15.2 Å². The number of carbonyl (C=O) groups excluding carboxylic acids is 1. The van der Waals surface area contributed by atoms with Gasteiger partial charge in [0, 0.05) is 44.2 Å². The predicted octanol–water partition coefficient (Wildman–Crippen LogP) is 1.63. The van der Waals surface area contributed by atoms with Gasteiger partial charge in [-0.15, -0.1) is 0 Å². The molecule has 0 unspecified atom stereocenters. The molecule has 0 saturated carbocycles. The number of rotatable bonds is 6. The van der Waals surface area contributed by atoms with Crippen molar-refractivity contribution < 1.29 is 9.18 Å². The van der Waals surface area contributed by atoms with Crippen LogP contribution < -0.4 is 10.7 Å². The van der Waals surface area contributed by atoms with E-state index >= 15 is 0 Å². The first-order valence-corrected chi connectivity index (χ1v) is 7.20. The van der Waals surface area contributed by atoms with Crippen LogP contribution in [0, 0.1) is 5.82 Å². The summed E-state index contributed by atoms with van der Waals surface area (Å²) in [5.41, 5.74) is 0.656. The van der Waals surface area contributed by atoms with Gasteiger partial charge in [-0.05, 0) is 25.1 Å². The Bertz CT molecular complexity index is 725. The number of halogens is 1. The first-order chi connectivity index (χ1) is 10.5. The molecule has 0 saturated heterocycles. The first kappa shape index (κ1) is 16.2. The molecule has 0 bridgehead atoms.